The molecule has 0 aliphatic carbocycles. The van der Waals surface area contributed by atoms with Crippen LogP contribution in [0, 0.1) is 5.82 Å². The summed E-state index contributed by atoms with van der Waals surface area (Å²) in [6.07, 6.45) is -8.34. The molecular formula is C23H24ClF4N4O7S2-. The molecule has 226 valence electrons. The molecule has 0 N–H and O–H groups in total. The van der Waals surface area contributed by atoms with Crippen molar-refractivity contribution in [3.8, 4) is 5.75 Å². The molecule has 11 nitrogen and oxygen atoms in total. The van der Waals surface area contributed by atoms with Crippen molar-refractivity contribution in [1.82, 2.24) is 8.61 Å². The first-order valence-corrected chi connectivity index (χ1v) is 15.1. The molecule has 2 heterocycles. The fourth-order valence-corrected chi connectivity index (χ4v) is 7.55. The van der Waals surface area contributed by atoms with Gasteiger partial charge in [0.25, 0.3) is 20.2 Å². The van der Waals surface area contributed by atoms with Crippen LogP contribution < -0.4 is 19.0 Å². The van der Waals surface area contributed by atoms with Gasteiger partial charge in [-0.05, 0) is 50.2 Å². The monoisotopic (exact) mass is 643 g/mol. The number of ether oxygens (including phenoxy) is 1. The number of carboxylic acid groups (broad SMARTS) is 1. The van der Waals surface area contributed by atoms with Gasteiger partial charge in [-0.15, -0.1) is 0 Å². The van der Waals surface area contributed by atoms with Crippen molar-refractivity contribution in [3.05, 3.63) is 47.2 Å². The lowest BCUT2D eigenvalue weighted by Gasteiger charge is -2.42. The van der Waals surface area contributed by atoms with Crippen LogP contribution in [-0.2, 0) is 20.2 Å². The lowest BCUT2D eigenvalue weighted by atomic mass is 10.0. The van der Waals surface area contributed by atoms with Crippen LogP contribution >= 0.6 is 11.6 Å². The molecular weight excluding hydrogens is 620 g/mol. The molecule has 1 fully saturated rings. The van der Waals surface area contributed by atoms with E-state index in [-0.39, 0.29) is 36.0 Å². The zero-order valence-electron chi connectivity index (χ0n) is 21.7. The summed E-state index contributed by atoms with van der Waals surface area (Å²) in [5, 5.41) is 11.4. The second kappa shape index (κ2) is 10.4. The van der Waals surface area contributed by atoms with E-state index in [0.29, 0.717) is 13.8 Å². The predicted molar refractivity (Wildman–Crippen MR) is 138 cm³/mol. The van der Waals surface area contributed by atoms with Crippen molar-refractivity contribution < 1.29 is 49.0 Å². The summed E-state index contributed by atoms with van der Waals surface area (Å²) in [5.74, 6) is -1.09. The molecule has 2 aliphatic heterocycles. The van der Waals surface area contributed by atoms with Crippen LogP contribution in [0.3, 0.4) is 0 Å². The number of halogens is 5. The number of carbonyl (C=O) groups excluding carboxylic acids is 1. The molecule has 0 saturated carbocycles. The average molecular weight is 644 g/mol. The summed E-state index contributed by atoms with van der Waals surface area (Å²) in [4.78, 5) is 11.4. The number of hydrogen-bond donors (Lipinski definition) is 0. The molecule has 2 aromatic carbocycles. The summed E-state index contributed by atoms with van der Waals surface area (Å²) in [6, 6.07) is 5.48. The Morgan fingerprint density at radius 3 is 2.37 bits per heavy atom. The van der Waals surface area contributed by atoms with Crippen LogP contribution in [0.2, 0.25) is 5.02 Å². The van der Waals surface area contributed by atoms with E-state index < -0.39 is 72.1 Å². The minimum absolute atomic E-state index is 0.0639. The first-order valence-electron chi connectivity index (χ1n) is 11.9. The molecule has 18 heteroatoms. The highest BCUT2D eigenvalue weighted by molar-refractivity contribution is 7.92. The van der Waals surface area contributed by atoms with Crippen molar-refractivity contribution >= 4 is 49.3 Å². The standard InChI is InChI=1S/C23H25ClF4N4O7S2/c1-22(2,23(26,27)28)32(21(33)34)14-4-7-20-19(10-14)31(40(35,36)16-5-6-18(25)17(24)11-16)13-15(39-20)12-30-9-8-29(3)41(30,37)38/h4-7,10-11,15H,8-9,12-13H2,1-3H3,(H,33,34)/p-1/t15-/m0/s1. The molecule has 4 rings (SSSR count). The highest BCUT2D eigenvalue weighted by atomic mass is 35.5. The average Bonchev–Trinajstić information content (AvgIpc) is 3.10. The number of rotatable bonds is 6. The molecule has 41 heavy (non-hydrogen) atoms. The number of hydrogen-bond acceptors (Lipinski definition) is 7. The Morgan fingerprint density at radius 2 is 1.83 bits per heavy atom. The van der Waals surface area contributed by atoms with Crippen LogP contribution in [-0.4, -0.2) is 82.6 Å². The Hall–Kier alpha value is -2.86. The molecule has 0 spiro atoms. The summed E-state index contributed by atoms with van der Waals surface area (Å²) in [7, 11) is -7.10. The Bertz CT molecular complexity index is 1590. The van der Waals surface area contributed by atoms with Crippen molar-refractivity contribution in [2.24, 2.45) is 0 Å². The van der Waals surface area contributed by atoms with Gasteiger partial charge in [0.15, 0.2) is 0 Å². The topological polar surface area (TPSA) is 131 Å². The van der Waals surface area contributed by atoms with Crippen molar-refractivity contribution in [2.45, 2.75) is 36.6 Å². The van der Waals surface area contributed by atoms with Gasteiger partial charge in [0.05, 0.1) is 28.7 Å². The van der Waals surface area contributed by atoms with Crippen LogP contribution in [0.25, 0.3) is 0 Å². The summed E-state index contributed by atoms with van der Waals surface area (Å²) < 4.78 is 117. The second-order valence-electron chi connectivity index (χ2n) is 9.85. The Balaban J connectivity index is 1.84. The lowest BCUT2D eigenvalue weighted by molar-refractivity contribution is -0.254. The molecule has 1 saturated heterocycles. The Kier molecular flexibility index (Phi) is 7.92. The fourth-order valence-electron chi connectivity index (χ4n) is 4.40. The van der Waals surface area contributed by atoms with Crippen LogP contribution in [0.1, 0.15) is 13.8 Å². The van der Waals surface area contributed by atoms with E-state index in [2.05, 4.69) is 0 Å². The number of fused-ring (bicyclic) bond motifs is 1. The normalized spacial score (nSPS) is 20.0. The van der Waals surface area contributed by atoms with Crippen molar-refractivity contribution in [3.63, 3.8) is 0 Å². The molecule has 1 atom stereocenters. The maximum absolute atomic E-state index is 13.8. The molecule has 0 bridgehead atoms. The lowest BCUT2D eigenvalue weighted by Crippen LogP contribution is -2.60. The Morgan fingerprint density at radius 1 is 1.17 bits per heavy atom. The van der Waals surface area contributed by atoms with Crippen LogP contribution in [0.15, 0.2) is 41.3 Å². The number of alkyl halides is 3. The third kappa shape index (κ3) is 5.52. The SMILES string of the molecule is CN1CCN(C[C@H]2CN(S(=O)(=O)c3ccc(F)c(Cl)c3)c3cc(N(C(=O)[O-])C(C)(C)C(F)(F)F)ccc3O2)S1(=O)=O. The van der Waals surface area contributed by atoms with Gasteiger partial charge in [-0.1, -0.05) is 11.6 Å². The minimum atomic E-state index is -5.05. The van der Waals surface area contributed by atoms with E-state index in [9.17, 15) is 44.3 Å². The zero-order chi connectivity index (χ0) is 30.7. The van der Waals surface area contributed by atoms with E-state index in [0.717, 1.165) is 49.3 Å². The second-order valence-corrected chi connectivity index (χ2v) is 14.2. The van der Waals surface area contributed by atoms with Gasteiger partial charge in [-0.3, -0.25) is 4.31 Å². The van der Waals surface area contributed by atoms with Crippen LogP contribution in [0.5, 0.6) is 5.75 Å². The third-order valence-electron chi connectivity index (χ3n) is 6.84. The van der Waals surface area contributed by atoms with Crippen LogP contribution in [0.4, 0.5) is 33.7 Å². The number of sulfonamides is 1. The number of nitrogens with zero attached hydrogens (tertiary/aromatic N) is 4. The highest BCUT2D eigenvalue weighted by Crippen LogP contribution is 2.44. The Labute approximate surface area is 238 Å². The van der Waals surface area contributed by atoms with Gasteiger partial charge < -0.3 is 19.5 Å². The highest BCUT2D eigenvalue weighted by Gasteiger charge is 2.52. The number of carbonyl (C=O) groups is 1. The number of benzene rings is 2. The van der Waals surface area contributed by atoms with Gasteiger partial charge in [0.2, 0.25) is 0 Å². The largest absolute Gasteiger partial charge is 0.530 e. The van der Waals surface area contributed by atoms with Gasteiger partial charge in [0, 0.05) is 25.8 Å². The van der Waals surface area contributed by atoms with Gasteiger partial charge >= 0.3 is 6.18 Å². The van der Waals surface area contributed by atoms with Crippen molar-refractivity contribution in [1.29, 1.82) is 0 Å². The molecule has 0 unspecified atom stereocenters. The molecule has 1 amide bonds. The van der Waals surface area contributed by atoms with E-state index in [1.165, 1.54) is 7.05 Å². The zero-order valence-corrected chi connectivity index (χ0v) is 24.1. The number of amides is 1. The quantitative estimate of drug-likeness (QED) is 0.442. The molecule has 0 radical (unpaired) electrons. The smallest absolute Gasteiger partial charge is 0.411 e. The van der Waals surface area contributed by atoms with Gasteiger partial charge in [0.1, 0.15) is 29.3 Å². The van der Waals surface area contributed by atoms with E-state index in [1.807, 2.05) is 0 Å². The van der Waals surface area contributed by atoms with E-state index in [4.69, 9.17) is 16.3 Å². The summed E-state index contributed by atoms with van der Waals surface area (Å²) >= 11 is 5.79. The molecule has 2 aliphatic rings. The first-order chi connectivity index (χ1) is 18.8. The number of likely N-dealkylation sites (N-methyl/N-ethyl adjacent to an activating group) is 1. The third-order valence-corrected chi connectivity index (χ3v) is 10.9. The van der Waals surface area contributed by atoms with Gasteiger partial charge in [-0.2, -0.15) is 30.2 Å². The maximum atomic E-state index is 13.8. The molecule has 0 aromatic heterocycles. The summed E-state index contributed by atoms with van der Waals surface area (Å²) in [5.41, 5.74) is -3.90. The van der Waals surface area contributed by atoms with E-state index >= 15 is 0 Å². The first kappa shape index (κ1) is 31.1. The van der Waals surface area contributed by atoms with E-state index in [1.54, 1.807) is 0 Å². The van der Waals surface area contributed by atoms with Gasteiger partial charge in [-0.25, -0.2) is 12.8 Å². The minimum Gasteiger partial charge on any atom is -0.530 e. The predicted octanol–water partition coefficient (Wildman–Crippen LogP) is 2.42. The van der Waals surface area contributed by atoms with Crippen molar-refractivity contribution in [2.75, 3.05) is 42.4 Å². The molecule has 2 aromatic rings. The number of anilines is 2. The fraction of sp³-hybridized carbons (Fsp3) is 0.435. The summed E-state index contributed by atoms with van der Waals surface area (Å²) in [6.45, 7) is 0.680. The maximum Gasteiger partial charge on any atom is 0.411 e.